The Hall–Kier alpha value is -1.63. The highest BCUT2D eigenvalue weighted by atomic mass is 79.9. The number of halogens is 2. The lowest BCUT2D eigenvalue weighted by Gasteiger charge is -2.10. The number of rotatable bonds is 3. The Balaban J connectivity index is 2.27. The molecule has 0 aliphatic carbocycles. The molecule has 0 fully saturated rings. The largest absolute Gasteiger partial charge is 0.508 e. The van der Waals surface area contributed by atoms with Gasteiger partial charge >= 0.3 is 0 Å². The van der Waals surface area contributed by atoms with Crippen LogP contribution in [0.4, 0.5) is 5.69 Å². The molecular weight excluding hydrogens is 376 g/mol. The molecule has 2 aromatic rings. The van der Waals surface area contributed by atoms with Crippen molar-refractivity contribution in [1.82, 2.24) is 0 Å². The molecule has 0 aromatic heterocycles. The number of anilines is 1. The van der Waals surface area contributed by atoms with Crippen LogP contribution in [0, 0.1) is 0 Å². The Labute approximate surface area is 140 Å². The second-order valence-electron chi connectivity index (χ2n) is 4.18. The van der Waals surface area contributed by atoms with Gasteiger partial charge in [0.05, 0.1) is 16.3 Å². The monoisotopic (exact) mass is 384 g/mol. The number of benzene rings is 2. The van der Waals surface area contributed by atoms with Crippen LogP contribution in [0.3, 0.4) is 0 Å². The van der Waals surface area contributed by atoms with E-state index in [1.165, 1.54) is 18.2 Å². The van der Waals surface area contributed by atoms with Crippen molar-refractivity contribution in [2.24, 2.45) is 5.73 Å². The summed E-state index contributed by atoms with van der Waals surface area (Å²) in [4.78, 5) is 12.4. The highest BCUT2D eigenvalue weighted by molar-refractivity contribution is 9.10. The predicted molar refractivity (Wildman–Crippen MR) is 91.1 cm³/mol. The Morgan fingerprint density at radius 1 is 1.29 bits per heavy atom. The molecule has 0 atom stereocenters. The van der Waals surface area contributed by atoms with Gasteiger partial charge in [-0.2, -0.15) is 0 Å². The topological polar surface area (TPSA) is 75.3 Å². The molecule has 1 amide bonds. The van der Waals surface area contributed by atoms with Crippen LogP contribution < -0.4 is 11.1 Å². The van der Waals surface area contributed by atoms with Crippen molar-refractivity contribution < 1.29 is 9.90 Å². The minimum Gasteiger partial charge on any atom is -0.508 e. The summed E-state index contributed by atoms with van der Waals surface area (Å²) < 4.78 is 0.637. The normalized spacial score (nSPS) is 10.2. The number of hydrogen-bond acceptors (Lipinski definition) is 3. The zero-order valence-electron chi connectivity index (χ0n) is 10.6. The van der Waals surface area contributed by atoms with Gasteiger partial charge in [0.1, 0.15) is 10.7 Å². The fraction of sp³-hybridized carbons (Fsp3) is 0. The van der Waals surface area contributed by atoms with Crippen molar-refractivity contribution in [2.75, 3.05) is 5.32 Å². The van der Waals surface area contributed by atoms with Crippen molar-refractivity contribution in [2.45, 2.75) is 0 Å². The third-order valence-electron chi connectivity index (χ3n) is 2.70. The molecule has 0 unspecified atom stereocenters. The number of phenolic OH excluding ortho intramolecular Hbond substituents is 1. The zero-order valence-corrected chi connectivity index (χ0v) is 13.7. The van der Waals surface area contributed by atoms with Gasteiger partial charge in [0, 0.05) is 10.0 Å². The molecule has 0 bridgehead atoms. The molecule has 0 heterocycles. The van der Waals surface area contributed by atoms with E-state index in [0.29, 0.717) is 15.7 Å². The highest BCUT2D eigenvalue weighted by Crippen LogP contribution is 2.26. The smallest absolute Gasteiger partial charge is 0.257 e. The fourth-order valence-electron chi connectivity index (χ4n) is 1.65. The number of nitrogens with one attached hydrogen (secondary N) is 1. The first kappa shape index (κ1) is 15.8. The molecule has 0 spiro atoms. The van der Waals surface area contributed by atoms with E-state index in [0.717, 1.165) is 0 Å². The first-order valence-electron chi connectivity index (χ1n) is 5.77. The molecule has 0 saturated heterocycles. The molecular formula is C14H10BrClN2O2S. The maximum atomic E-state index is 12.2. The summed E-state index contributed by atoms with van der Waals surface area (Å²) in [5.41, 5.74) is 6.95. The molecule has 21 heavy (non-hydrogen) atoms. The van der Waals surface area contributed by atoms with E-state index in [1.807, 2.05) is 0 Å². The van der Waals surface area contributed by atoms with Gasteiger partial charge in [-0.1, -0.05) is 23.8 Å². The molecule has 108 valence electrons. The number of nitrogens with two attached hydrogens (primary N) is 1. The van der Waals surface area contributed by atoms with Gasteiger partial charge in [0.25, 0.3) is 5.91 Å². The van der Waals surface area contributed by atoms with Crippen LogP contribution in [0.1, 0.15) is 15.9 Å². The lowest BCUT2D eigenvalue weighted by atomic mass is 10.1. The summed E-state index contributed by atoms with van der Waals surface area (Å²) in [6.07, 6.45) is 0. The standard InChI is InChI=1S/C14H10BrClN2O2S/c15-10-5-7(13(17)21)1-4-12(10)18-14(20)9-6-8(19)2-3-11(9)16/h1-6,19H,(H2,17,21)(H,18,20). The number of amides is 1. The first-order chi connectivity index (χ1) is 9.88. The van der Waals surface area contributed by atoms with E-state index in [1.54, 1.807) is 18.2 Å². The number of phenols is 1. The van der Waals surface area contributed by atoms with Crippen LogP contribution in [-0.2, 0) is 0 Å². The Morgan fingerprint density at radius 3 is 2.62 bits per heavy atom. The lowest BCUT2D eigenvalue weighted by Crippen LogP contribution is -2.14. The molecule has 2 rings (SSSR count). The molecule has 0 saturated carbocycles. The van der Waals surface area contributed by atoms with Crippen molar-refractivity contribution >= 4 is 56.3 Å². The van der Waals surface area contributed by atoms with Gasteiger partial charge in [-0.3, -0.25) is 4.79 Å². The van der Waals surface area contributed by atoms with Crippen LogP contribution in [0.15, 0.2) is 40.9 Å². The average Bonchev–Trinajstić information content (AvgIpc) is 2.43. The van der Waals surface area contributed by atoms with Crippen LogP contribution in [-0.4, -0.2) is 16.0 Å². The third kappa shape index (κ3) is 3.72. The van der Waals surface area contributed by atoms with E-state index in [9.17, 15) is 9.90 Å². The van der Waals surface area contributed by atoms with Gasteiger partial charge in [0.2, 0.25) is 0 Å². The van der Waals surface area contributed by atoms with E-state index < -0.39 is 5.91 Å². The summed E-state index contributed by atoms with van der Waals surface area (Å²) in [7, 11) is 0. The minimum absolute atomic E-state index is 0.0348. The Bertz CT molecular complexity index is 737. The molecule has 0 aliphatic rings. The summed E-state index contributed by atoms with van der Waals surface area (Å²) in [6, 6.07) is 9.25. The number of thiocarbonyl (C=S) groups is 1. The maximum absolute atomic E-state index is 12.2. The van der Waals surface area contributed by atoms with Crippen molar-refractivity contribution in [3.63, 3.8) is 0 Å². The van der Waals surface area contributed by atoms with Gasteiger partial charge in [-0.15, -0.1) is 0 Å². The molecule has 4 nitrogen and oxygen atoms in total. The number of aromatic hydroxyl groups is 1. The van der Waals surface area contributed by atoms with E-state index in [2.05, 4.69) is 21.2 Å². The first-order valence-corrected chi connectivity index (χ1v) is 7.35. The lowest BCUT2D eigenvalue weighted by molar-refractivity contribution is 0.102. The SMILES string of the molecule is NC(=S)c1ccc(NC(=O)c2cc(O)ccc2Cl)c(Br)c1. The molecule has 2 aromatic carbocycles. The van der Waals surface area contributed by atoms with Crippen LogP contribution in [0.5, 0.6) is 5.75 Å². The summed E-state index contributed by atoms with van der Waals surface area (Å²) in [5, 5.41) is 12.4. The Morgan fingerprint density at radius 2 is 2.00 bits per heavy atom. The Kier molecular flexibility index (Phi) is 4.82. The van der Waals surface area contributed by atoms with Crippen molar-refractivity contribution in [3.05, 3.63) is 57.0 Å². The van der Waals surface area contributed by atoms with Crippen LogP contribution in [0.25, 0.3) is 0 Å². The van der Waals surface area contributed by atoms with E-state index >= 15 is 0 Å². The van der Waals surface area contributed by atoms with Crippen LogP contribution >= 0.6 is 39.7 Å². The highest BCUT2D eigenvalue weighted by Gasteiger charge is 2.13. The number of carbonyl (C=O) groups excluding carboxylic acids is 1. The van der Waals surface area contributed by atoms with Gasteiger partial charge < -0.3 is 16.2 Å². The zero-order chi connectivity index (χ0) is 15.6. The predicted octanol–water partition coefficient (Wildman–Crippen LogP) is 3.69. The fourth-order valence-corrected chi connectivity index (χ4v) is 2.45. The maximum Gasteiger partial charge on any atom is 0.257 e. The van der Waals surface area contributed by atoms with Gasteiger partial charge in [0.15, 0.2) is 0 Å². The van der Waals surface area contributed by atoms with Crippen LogP contribution in [0.2, 0.25) is 5.02 Å². The molecule has 4 N–H and O–H groups in total. The van der Waals surface area contributed by atoms with E-state index in [-0.39, 0.29) is 21.3 Å². The summed E-state index contributed by atoms with van der Waals surface area (Å²) >= 11 is 14.2. The third-order valence-corrected chi connectivity index (χ3v) is 3.92. The second-order valence-corrected chi connectivity index (χ2v) is 5.88. The molecule has 0 aliphatic heterocycles. The average molecular weight is 386 g/mol. The summed E-state index contributed by atoms with van der Waals surface area (Å²) in [6.45, 7) is 0. The molecule has 7 heteroatoms. The van der Waals surface area contributed by atoms with Gasteiger partial charge in [-0.05, 0) is 52.3 Å². The molecule has 0 radical (unpaired) electrons. The van der Waals surface area contributed by atoms with Gasteiger partial charge in [-0.25, -0.2) is 0 Å². The number of carbonyl (C=O) groups is 1. The number of hydrogen-bond donors (Lipinski definition) is 3. The van der Waals surface area contributed by atoms with Crippen molar-refractivity contribution in [1.29, 1.82) is 0 Å². The van der Waals surface area contributed by atoms with Crippen molar-refractivity contribution in [3.8, 4) is 5.75 Å². The quantitative estimate of drug-likeness (QED) is 0.704. The minimum atomic E-state index is -0.431. The van der Waals surface area contributed by atoms with E-state index in [4.69, 9.17) is 29.6 Å². The summed E-state index contributed by atoms with van der Waals surface area (Å²) in [5.74, 6) is -0.466. The second kappa shape index (κ2) is 6.43.